The van der Waals surface area contributed by atoms with Gasteiger partial charge in [0.15, 0.2) is 5.58 Å². The number of hydrogen-bond acceptors (Lipinski definition) is 4. The Balaban J connectivity index is 1.73. The number of nitrogens with one attached hydrogen (secondary N) is 2. The van der Waals surface area contributed by atoms with E-state index < -0.39 is 10.0 Å². The van der Waals surface area contributed by atoms with Crippen LogP contribution in [0.25, 0.3) is 44.6 Å². The fourth-order valence-corrected chi connectivity index (χ4v) is 4.06. The van der Waals surface area contributed by atoms with E-state index in [0.717, 1.165) is 33.8 Å². The summed E-state index contributed by atoms with van der Waals surface area (Å²) in [5, 5.41) is 1.05. The van der Waals surface area contributed by atoms with Gasteiger partial charge >= 0.3 is 0 Å². The number of oxazole rings is 1. The van der Waals surface area contributed by atoms with E-state index >= 15 is 0 Å². The summed E-state index contributed by atoms with van der Waals surface area (Å²) in [6.07, 6.45) is 3.01. The van der Waals surface area contributed by atoms with Gasteiger partial charge in [0.25, 0.3) is 0 Å². The van der Waals surface area contributed by atoms with Crippen molar-refractivity contribution in [1.82, 2.24) is 9.97 Å². The third kappa shape index (κ3) is 3.36. The first-order valence-electron chi connectivity index (χ1n) is 9.02. The lowest BCUT2D eigenvalue weighted by Gasteiger charge is -2.11. The van der Waals surface area contributed by atoms with Crippen LogP contribution in [0.3, 0.4) is 0 Å². The Morgan fingerprint density at radius 3 is 2.62 bits per heavy atom. The zero-order chi connectivity index (χ0) is 20.0. The van der Waals surface area contributed by atoms with Crippen molar-refractivity contribution in [3.8, 4) is 22.6 Å². The minimum Gasteiger partial charge on any atom is -0.436 e. The number of benzene rings is 3. The molecule has 144 valence electrons. The molecule has 0 fully saturated rings. The van der Waals surface area contributed by atoms with Crippen LogP contribution < -0.4 is 4.72 Å². The Kier molecular flexibility index (Phi) is 3.92. The molecular weight excluding hydrogens is 386 g/mol. The molecule has 2 N–H and O–H groups in total. The summed E-state index contributed by atoms with van der Waals surface area (Å²) in [5.41, 5.74) is 5.43. The summed E-state index contributed by atoms with van der Waals surface area (Å²) in [7, 11) is -3.44. The molecule has 5 rings (SSSR count). The summed E-state index contributed by atoms with van der Waals surface area (Å²) in [4.78, 5) is 7.76. The van der Waals surface area contributed by atoms with E-state index in [-0.39, 0.29) is 0 Å². The van der Waals surface area contributed by atoms with Crippen LogP contribution in [0.2, 0.25) is 0 Å². The number of anilines is 1. The maximum absolute atomic E-state index is 11.9. The van der Waals surface area contributed by atoms with Crippen LogP contribution in [0.5, 0.6) is 0 Å². The molecule has 0 aliphatic rings. The van der Waals surface area contributed by atoms with E-state index in [1.807, 2.05) is 66.9 Å². The van der Waals surface area contributed by atoms with Gasteiger partial charge in [-0.1, -0.05) is 24.3 Å². The summed E-state index contributed by atoms with van der Waals surface area (Å²) in [6.45, 7) is 0. The number of aromatic amines is 1. The second-order valence-corrected chi connectivity index (χ2v) is 8.65. The highest BCUT2D eigenvalue weighted by Crippen LogP contribution is 2.35. The number of H-pyrrole nitrogens is 1. The van der Waals surface area contributed by atoms with Crippen molar-refractivity contribution in [3.05, 3.63) is 72.9 Å². The second kappa shape index (κ2) is 6.49. The van der Waals surface area contributed by atoms with Crippen LogP contribution >= 0.6 is 0 Å². The highest BCUT2D eigenvalue weighted by atomic mass is 32.2. The standard InChI is InChI=1S/C22H17N3O3S/c1-29(26,27)25-16-12-14(17-5-4-7-19-18(17)9-10-23-19)11-15(13-16)22-24-20-6-2-3-8-21(20)28-22/h2-13,23,25H,1H3. The first-order valence-corrected chi connectivity index (χ1v) is 10.9. The van der Waals surface area contributed by atoms with Gasteiger partial charge in [-0.25, -0.2) is 13.4 Å². The van der Waals surface area contributed by atoms with E-state index in [0.29, 0.717) is 22.7 Å². The van der Waals surface area contributed by atoms with Crippen molar-refractivity contribution in [2.24, 2.45) is 0 Å². The zero-order valence-electron chi connectivity index (χ0n) is 15.5. The van der Waals surface area contributed by atoms with Gasteiger partial charge in [-0.15, -0.1) is 0 Å². The van der Waals surface area contributed by atoms with Crippen molar-refractivity contribution in [1.29, 1.82) is 0 Å². The maximum Gasteiger partial charge on any atom is 0.229 e. The number of hydrogen-bond donors (Lipinski definition) is 2. The molecule has 5 aromatic rings. The number of aromatic nitrogens is 2. The second-order valence-electron chi connectivity index (χ2n) is 6.90. The lowest BCUT2D eigenvalue weighted by atomic mass is 9.99. The average Bonchev–Trinajstić information content (AvgIpc) is 3.32. The summed E-state index contributed by atoms with van der Waals surface area (Å²) in [6, 6.07) is 21.0. The minimum atomic E-state index is -3.44. The van der Waals surface area contributed by atoms with Crippen molar-refractivity contribution in [2.75, 3.05) is 11.0 Å². The number of fused-ring (bicyclic) bond motifs is 2. The van der Waals surface area contributed by atoms with Crippen LogP contribution in [0.1, 0.15) is 0 Å². The van der Waals surface area contributed by atoms with Crippen LogP contribution in [-0.4, -0.2) is 24.6 Å². The first-order chi connectivity index (χ1) is 14.0. The van der Waals surface area contributed by atoms with Crippen molar-refractivity contribution in [2.45, 2.75) is 0 Å². The number of nitrogens with zero attached hydrogens (tertiary/aromatic N) is 1. The molecule has 2 heterocycles. The Bertz CT molecular complexity index is 1430. The summed E-state index contributed by atoms with van der Waals surface area (Å²) >= 11 is 0. The molecule has 2 aromatic heterocycles. The van der Waals surface area contributed by atoms with Crippen LogP contribution in [0.15, 0.2) is 77.3 Å². The van der Waals surface area contributed by atoms with Crippen LogP contribution in [0, 0.1) is 0 Å². The zero-order valence-corrected chi connectivity index (χ0v) is 16.3. The quantitative estimate of drug-likeness (QED) is 0.441. The predicted molar refractivity (Wildman–Crippen MR) is 115 cm³/mol. The monoisotopic (exact) mass is 403 g/mol. The van der Waals surface area contributed by atoms with Gasteiger partial charge in [-0.3, -0.25) is 4.72 Å². The van der Waals surface area contributed by atoms with Crippen LogP contribution in [-0.2, 0) is 10.0 Å². The summed E-state index contributed by atoms with van der Waals surface area (Å²) in [5.74, 6) is 0.436. The summed E-state index contributed by atoms with van der Waals surface area (Å²) < 4.78 is 32.2. The normalized spacial score (nSPS) is 11.9. The highest BCUT2D eigenvalue weighted by Gasteiger charge is 2.14. The molecule has 0 atom stereocenters. The maximum atomic E-state index is 11.9. The molecule has 0 radical (unpaired) electrons. The Morgan fingerprint density at radius 1 is 0.966 bits per heavy atom. The molecule has 0 amide bonds. The lowest BCUT2D eigenvalue weighted by Crippen LogP contribution is -2.09. The van der Waals surface area contributed by atoms with E-state index in [1.54, 1.807) is 6.07 Å². The van der Waals surface area contributed by atoms with E-state index in [1.165, 1.54) is 0 Å². The Hall–Kier alpha value is -3.58. The van der Waals surface area contributed by atoms with Gasteiger partial charge in [-0.2, -0.15) is 0 Å². The SMILES string of the molecule is CS(=O)(=O)Nc1cc(-c2nc3ccccc3o2)cc(-c2cccc3[nH]ccc23)c1. The van der Waals surface area contributed by atoms with E-state index in [2.05, 4.69) is 14.7 Å². The fourth-order valence-electron chi connectivity index (χ4n) is 3.51. The van der Waals surface area contributed by atoms with Gasteiger partial charge in [0.1, 0.15) is 5.52 Å². The van der Waals surface area contributed by atoms with Crippen molar-refractivity contribution < 1.29 is 12.8 Å². The van der Waals surface area contributed by atoms with Gasteiger partial charge < -0.3 is 9.40 Å². The molecule has 0 saturated heterocycles. The molecule has 0 aliphatic carbocycles. The average molecular weight is 403 g/mol. The smallest absolute Gasteiger partial charge is 0.229 e. The molecule has 7 heteroatoms. The van der Waals surface area contributed by atoms with Crippen molar-refractivity contribution >= 4 is 37.7 Å². The molecule has 0 unspecified atom stereocenters. The predicted octanol–water partition coefficient (Wildman–Crippen LogP) is 5.01. The topological polar surface area (TPSA) is 88.0 Å². The largest absolute Gasteiger partial charge is 0.436 e. The van der Waals surface area contributed by atoms with Gasteiger partial charge in [0.2, 0.25) is 15.9 Å². The van der Waals surface area contributed by atoms with Crippen LogP contribution in [0.4, 0.5) is 5.69 Å². The Labute approximate surface area is 167 Å². The molecular formula is C22H17N3O3S. The number of para-hydroxylation sites is 2. The minimum absolute atomic E-state index is 0.436. The molecule has 0 aliphatic heterocycles. The van der Waals surface area contributed by atoms with Gasteiger partial charge in [0, 0.05) is 28.4 Å². The van der Waals surface area contributed by atoms with Gasteiger partial charge in [0.05, 0.1) is 6.26 Å². The number of sulfonamides is 1. The fraction of sp³-hybridized carbons (Fsp3) is 0.0455. The molecule has 29 heavy (non-hydrogen) atoms. The highest BCUT2D eigenvalue weighted by molar-refractivity contribution is 7.92. The lowest BCUT2D eigenvalue weighted by molar-refractivity contribution is 0.606. The molecule has 3 aromatic carbocycles. The number of rotatable bonds is 4. The molecule has 0 bridgehead atoms. The first kappa shape index (κ1) is 17.5. The molecule has 0 spiro atoms. The van der Waals surface area contributed by atoms with E-state index in [9.17, 15) is 8.42 Å². The molecule has 6 nitrogen and oxygen atoms in total. The van der Waals surface area contributed by atoms with Crippen molar-refractivity contribution in [3.63, 3.8) is 0 Å². The van der Waals surface area contributed by atoms with Gasteiger partial charge in [-0.05, 0) is 53.6 Å². The molecule has 0 saturated carbocycles. The third-order valence-corrected chi connectivity index (χ3v) is 5.29. The van der Waals surface area contributed by atoms with E-state index in [4.69, 9.17) is 4.42 Å². The Morgan fingerprint density at radius 2 is 1.79 bits per heavy atom. The third-order valence-electron chi connectivity index (χ3n) is 4.68.